The average molecular weight is 464 g/mol. The second-order valence-electron chi connectivity index (χ2n) is 8.66. The fourth-order valence-electron chi connectivity index (χ4n) is 4.67. The van der Waals surface area contributed by atoms with Crippen LogP contribution in [0.1, 0.15) is 54.3 Å². The fourth-order valence-corrected chi connectivity index (χ4v) is 4.89. The summed E-state index contributed by atoms with van der Waals surface area (Å²) in [5, 5.41) is 13.7. The highest BCUT2D eigenvalue weighted by Crippen LogP contribution is 2.38. The predicted octanol–water partition coefficient (Wildman–Crippen LogP) is 6.04. The molecule has 0 saturated heterocycles. The summed E-state index contributed by atoms with van der Waals surface area (Å²) in [5.41, 5.74) is 2.90. The first-order valence-electron chi connectivity index (χ1n) is 11.6. The second-order valence-corrected chi connectivity index (χ2v) is 9.10. The Balaban J connectivity index is 1.47. The number of nitrogens with one attached hydrogen (secondary N) is 1. The third kappa shape index (κ3) is 6.16. The van der Waals surface area contributed by atoms with Gasteiger partial charge in [0.1, 0.15) is 12.4 Å². The van der Waals surface area contributed by atoms with E-state index in [1.165, 1.54) is 0 Å². The number of benzene rings is 3. The third-order valence-electron chi connectivity index (χ3n) is 6.39. The maximum atomic E-state index is 13.4. The number of hydrogen-bond donors (Lipinski definition) is 2. The molecule has 1 unspecified atom stereocenters. The van der Waals surface area contributed by atoms with Crippen LogP contribution < -0.4 is 10.1 Å². The lowest BCUT2D eigenvalue weighted by Gasteiger charge is -2.26. The lowest BCUT2D eigenvalue weighted by Crippen LogP contribution is -2.37. The molecule has 0 radical (unpaired) electrons. The van der Waals surface area contributed by atoms with E-state index in [9.17, 15) is 9.90 Å². The van der Waals surface area contributed by atoms with Crippen molar-refractivity contribution in [2.24, 2.45) is 5.92 Å². The number of amides is 1. The van der Waals surface area contributed by atoms with Gasteiger partial charge in [0.15, 0.2) is 0 Å². The number of halogens is 1. The highest BCUT2D eigenvalue weighted by Gasteiger charge is 2.33. The summed E-state index contributed by atoms with van der Waals surface area (Å²) in [6.07, 6.45) is 4.38. The van der Waals surface area contributed by atoms with Crippen molar-refractivity contribution in [1.29, 1.82) is 0 Å². The van der Waals surface area contributed by atoms with Gasteiger partial charge in [0, 0.05) is 5.02 Å². The van der Waals surface area contributed by atoms with Gasteiger partial charge < -0.3 is 15.2 Å². The van der Waals surface area contributed by atoms with Crippen LogP contribution in [0.3, 0.4) is 0 Å². The molecule has 0 bridgehead atoms. The molecule has 3 aromatic rings. The van der Waals surface area contributed by atoms with Gasteiger partial charge in [-0.3, -0.25) is 4.79 Å². The van der Waals surface area contributed by atoms with Crippen molar-refractivity contribution in [3.63, 3.8) is 0 Å². The summed E-state index contributed by atoms with van der Waals surface area (Å²) in [6, 6.07) is 24.7. The van der Waals surface area contributed by atoms with E-state index < -0.39 is 6.04 Å². The molecule has 1 aliphatic carbocycles. The molecule has 0 aliphatic heterocycles. The van der Waals surface area contributed by atoms with Gasteiger partial charge in [-0.05, 0) is 59.7 Å². The Morgan fingerprint density at radius 3 is 2.36 bits per heavy atom. The maximum absolute atomic E-state index is 13.4. The molecule has 0 heterocycles. The molecule has 1 saturated carbocycles. The molecular formula is C28H30ClNO3. The molecule has 2 atom stereocenters. The molecule has 4 rings (SSSR count). The first kappa shape index (κ1) is 23.3. The molecule has 0 aromatic heterocycles. The summed E-state index contributed by atoms with van der Waals surface area (Å²) in [6.45, 7) is 0.297. The second kappa shape index (κ2) is 11.4. The van der Waals surface area contributed by atoms with E-state index in [0.29, 0.717) is 17.5 Å². The number of aliphatic hydroxyl groups excluding tert-OH is 1. The van der Waals surface area contributed by atoms with Crippen LogP contribution in [0.2, 0.25) is 5.02 Å². The first-order valence-corrected chi connectivity index (χ1v) is 11.9. The van der Waals surface area contributed by atoms with Crippen LogP contribution in [0.15, 0.2) is 78.9 Å². The van der Waals surface area contributed by atoms with Crippen molar-refractivity contribution < 1.29 is 14.6 Å². The monoisotopic (exact) mass is 463 g/mol. The molecular weight excluding hydrogens is 434 g/mol. The highest BCUT2D eigenvalue weighted by molar-refractivity contribution is 6.30. The van der Waals surface area contributed by atoms with E-state index in [2.05, 4.69) is 5.32 Å². The van der Waals surface area contributed by atoms with Crippen LogP contribution in [0.4, 0.5) is 0 Å². The van der Waals surface area contributed by atoms with Crippen LogP contribution in [0.25, 0.3) is 0 Å². The molecule has 1 fully saturated rings. The first-order chi connectivity index (χ1) is 16.1. The van der Waals surface area contributed by atoms with Crippen LogP contribution >= 0.6 is 11.6 Å². The zero-order valence-corrected chi connectivity index (χ0v) is 19.4. The molecule has 172 valence electrons. The largest absolute Gasteiger partial charge is 0.489 e. The molecule has 1 aliphatic rings. The van der Waals surface area contributed by atoms with Gasteiger partial charge in [0.05, 0.1) is 18.6 Å². The van der Waals surface area contributed by atoms with Gasteiger partial charge >= 0.3 is 0 Å². The van der Waals surface area contributed by atoms with Gasteiger partial charge in [-0.2, -0.15) is 0 Å². The molecule has 5 heteroatoms. The Kier molecular flexibility index (Phi) is 8.03. The minimum Gasteiger partial charge on any atom is -0.489 e. The fraction of sp³-hybridized carbons (Fsp3) is 0.321. The van der Waals surface area contributed by atoms with E-state index in [0.717, 1.165) is 48.1 Å². The predicted molar refractivity (Wildman–Crippen MR) is 131 cm³/mol. The van der Waals surface area contributed by atoms with Crippen LogP contribution in [0.5, 0.6) is 5.75 Å². The molecule has 3 aromatic carbocycles. The Labute approximate surface area is 200 Å². The topological polar surface area (TPSA) is 58.6 Å². The van der Waals surface area contributed by atoms with Crippen LogP contribution in [-0.4, -0.2) is 17.6 Å². The number of ether oxygens (including phenoxy) is 1. The lowest BCUT2D eigenvalue weighted by atomic mass is 9.83. The maximum Gasteiger partial charge on any atom is 0.228 e. The summed E-state index contributed by atoms with van der Waals surface area (Å²) >= 11 is 6.05. The van der Waals surface area contributed by atoms with E-state index in [4.69, 9.17) is 16.3 Å². The molecule has 2 N–H and O–H groups in total. The van der Waals surface area contributed by atoms with E-state index >= 15 is 0 Å². The van der Waals surface area contributed by atoms with Gasteiger partial charge in [-0.1, -0.05) is 79.0 Å². The zero-order valence-electron chi connectivity index (χ0n) is 18.6. The number of hydrogen-bond acceptors (Lipinski definition) is 3. The molecule has 4 nitrogen and oxygen atoms in total. The van der Waals surface area contributed by atoms with E-state index in [1.807, 2.05) is 78.9 Å². The molecule has 0 spiro atoms. The van der Waals surface area contributed by atoms with Crippen molar-refractivity contribution in [3.05, 3.63) is 101 Å². The number of rotatable bonds is 9. The Morgan fingerprint density at radius 2 is 1.70 bits per heavy atom. The minimum absolute atomic E-state index is 0.0302. The Bertz CT molecular complexity index is 1030. The van der Waals surface area contributed by atoms with Gasteiger partial charge in [0.2, 0.25) is 5.91 Å². The molecule has 33 heavy (non-hydrogen) atoms. The minimum atomic E-state index is -0.414. The molecule has 1 amide bonds. The van der Waals surface area contributed by atoms with Crippen molar-refractivity contribution >= 4 is 17.5 Å². The van der Waals surface area contributed by atoms with Crippen molar-refractivity contribution in [2.75, 3.05) is 6.61 Å². The van der Waals surface area contributed by atoms with Crippen LogP contribution in [-0.2, 0) is 11.4 Å². The summed E-state index contributed by atoms with van der Waals surface area (Å²) < 4.78 is 5.92. The number of carbonyl (C=O) groups is 1. The Hall–Kier alpha value is -2.82. The summed E-state index contributed by atoms with van der Waals surface area (Å²) in [7, 11) is 0. The average Bonchev–Trinajstić information content (AvgIpc) is 3.37. The van der Waals surface area contributed by atoms with Gasteiger partial charge in [-0.15, -0.1) is 0 Å². The van der Waals surface area contributed by atoms with Crippen LogP contribution in [0, 0.1) is 5.92 Å². The summed E-state index contributed by atoms with van der Waals surface area (Å²) in [4.78, 5) is 13.4. The SMILES string of the molecule is O=C(N[C@@H](CO)c1ccccc1)C(c1ccc(OCc2cccc(Cl)c2)cc1)C1CCCC1. The normalized spacial score (nSPS) is 15.7. The van der Waals surface area contributed by atoms with E-state index in [1.54, 1.807) is 0 Å². The Morgan fingerprint density at radius 1 is 0.970 bits per heavy atom. The van der Waals surface area contributed by atoms with E-state index in [-0.39, 0.29) is 18.4 Å². The van der Waals surface area contributed by atoms with Crippen molar-refractivity contribution in [2.45, 2.75) is 44.2 Å². The quantitative estimate of drug-likeness (QED) is 0.406. The van der Waals surface area contributed by atoms with Gasteiger partial charge in [-0.25, -0.2) is 0 Å². The number of carbonyl (C=O) groups excluding carboxylic acids is 1. The van der Waals surface area contributed by atoms with Gasteiger partial charge in [0.25, 0.3) is 0 Å². The highest BCUT2D eigenvalue weighted by atomic mass is 35.5. The number of aliphatic hydroxyl groups is 1. The van der Waals surface area contributed by atoms with Crippen molar-refractivity contribution in [1.82, 2.24) is 5.32 Å². The third-order valence-corrected chi connectivity index (χ3v) is 6.62. The van der Waals surface area contributed by atoms with Crippen molar-refractivity contribution in [3.8, 4) is 5.75 Å². The summed E-state index contributed by atoms with van der Waals surface area (Å²) in [5.74, 6) is 0.782. The standard InChI is InChI=1S/C28H30ClNO3/c29-24-12-6-7-20(17-24)19-33-25-15-13-23(14-16-25)27(22-10-4-5-11-22)28(32)30-26(18-31)21-8-2-1-3-9-21/h1-3,6-9,12-17,22,26-27,31H,4-5,10-11,18-19H2,(H,30,32)/t26-,27?/m0/s1. The smallest absolute Gasteiger partial charge is 0.228 e. The lowest BCUT2D eigenvalue weighted by molar-refractivity contribution is -0.124. The zero-order chi connectivity index (χ0) is 23.0.